The summed E-state index contributed by atoms with van der Waals surface area (Å²) in [7, 11) is 0. The summed E-state index contributed by atoms with van der Waals surface area (Å²) in [5.41, 5.74) is 4.43. The number of aryl methyl sites for hydroxylation is 1. The molecule has 0 aliphatic carbocycles. The molecule has 190 valence electrons. The molecule has 5 N–H and O–H groups in total. The Bertz CT molecular complexity index is 1050. The van der Waals surface area contributed by atoms with Crippen molar-refractivity contribution in [1.82, 2.24) is 10.6 Å². The maximum Gasteiger partial charge on any atom is 0.416 e. The van der Waals surface area contributed by atoms with Gasteiger partial charge in [-0.2, -0.15) is 13.2 Å². The van der Waals surface area contributed by atoms with Crippen molar-refractivity contribution in [3.63, 3.8) is 0 Å². The third kappa shape index (κ3) is 6.01. The third-order valence-corrected chi connectivity index (χ3v) is 6.50. The van der Waals surface area contributed by atoms with Crippen LogP contribution in [0.4, 0.5) is 13.2 Å². The van der Waals surface area contributed by atoms with Crippen LogP contribution in [-0.4, -0.2) is 42.2 Å². The molecule has 2 aromatic carbocycles. The minimum atomic E-state index is -4.46. The van der Waals surface area contributed by atoms with E-state index in [0.29, 0.717) is 17.5 Å². The zero-order chi connectivity index (χ0) is 25.9. The SMILES string of the molecule is Cc1cc([C@@H](C)OC[C@@]2(c3ccccc3)CC[C@@](NC(=O)CO)(C(N)=O)CN2)cc(C(F)(F)F)c1. The number of carbonyl (C=O) groups is 2. The molecule has 7 nitrogen and oxygen atoms in total. The van der Waals surface area contributed by atoms with Crippen molar-refractivity contribution in [3.8, 4) is 0 Å². The Balaban J connectivity index is 1.85. The minimum absolute atomic E-state index is 0.0105. The van der Waals surface area contributed by atoms with Gasteiger partial charge in [0.25, 0.3) is 0 Å². The highest BCUT2D eigenvalue weighted by Crippen LogP contribution is 2.37. The molecule has 0 saturated carbocycles. The summed E-state index contributed by atoms with van der Waals surface area (Å²) >= 11 is 0. The van der Waals surface area contributed by atoms with Crippen molar-refractivity contribution >= 4 is 11.8 Å². The van der Waals surface area contributed by atoms with Crippen LogP contribution in [0.15, 0.2) is 48.5 Å². The number of primary amides is 1. The molecule has 35 heavy (non-hydrogen) atoms. The van der Waals surface area contributed by atoms with E-state index < -0.39 is 47.3 Å². The lowest BCUT2D eigenvalue weighted by Crippen LogP contribution is -2.69. The maximum absolute atomic E-state index is 13.3. The van der Waals surface area contributed by atoms with Gasteiger partial charge in [-0.15, -0.1) is 0 Å². The number of amides is 2. The summed E-state index contributed by atoms with van der Waals surface area (Å²) in [4.78, 5) is 24.1. The molecule has 0 radical (unpaired) electrons. The smallest absolute Gasteiger partial charge is 0.387 e. The van der Waals surface area contributed by atoms with Crippen LogP contribution >= 0.6 is 0 Å². The summed E-state index contributed by atoms with van der Waals surface area (Å²) in [5.74, 6) is -1.45. The molecule has 10 heteroatoms. The first-order valence-electron chi connectivity index (χ1n) is 11.2. The van der Waals surface area contributed by atoms with Gasteiger partial charge in [-0.3, -0.25) is 9.59 Å². The molecule has 3 atom stereocenters. The molecule has 0 aromatic heterocycles. The van der Waals surface area contributed by atoms with Gasteiger partial charge in [0.2, 0.25) is 11.8 Å². The highest BCUT2D eigenvalue weighted by atomic mass is 19.4. The summed E-state index contributed by atoms with van der Waals surface area (Å²) in [6.45, 7) is 2.59. The van der Waals surface area contributed by atoms with E-state index >= 15 is 0 Å². The van der Waals surface area contributed by atoms with E-state index in [1.54, 1.807) is 19.9 Å². The van der Waals surface area contributed by atoms with Gasteiger partial charge in [0, 0.05) is 6.54 Å². The molecule has 2 amide bonds. The summed E-state index contributed by atoms with van der Waals surface area (Å²) in [5, 5.41) is 14.9. The van der Waals surface area contributed by atoms with Crippen LogP contribution in [0.2, 0.25) is 0 Å². The number of alkyl halides is 3. The number of hydrogen-bond donors (Lipinski definition) is 4. The van der Waals surface area contributed by atoms with E-state index in [9.17, 15) is 22.8 Å². The average molecular weight is 494 g/mol. The second-order valence-electron chi connectivity index (χ2n) is 9.04. The van der Waals surface area contributed by atoms with Crippen molar-refractivity contribution in [2.24, 2.45) is 5.73 Å². The molecule has 1 fully saturated rings. The van der Waals surface area contributed by atoms with Crippen LogP contribution in [-0.2, 0) is 26.0 Å². The van der Waals surface area contributed by atoms with Crippen LogP contribution in [0.1, 0.15) is 48.1 Å². The lowest BCUT2D eigenvalue weighted by Gasteiger charge is -2.46. The van der Waals surface area contributed by atoms with Gasteiger partial charge in [0.05, 0.1) is 23.8 Å². The number of aliphatic hydroxyl groups excluding tert-OH is 1. The Morgan fingerprint density at radius 2 is 1.89 bits per heavy atom. The fourth-order valence-corrected chi connectivity index (χ4v) is 4.39. The van der Waals surface area contributed by atoms with Crippen LogP contribution in [0.5, 0.6) is 0 Å². The standard InChI is InChI=1S/C25H30F3N3O4/c1-16-10-18(12-20(11-16)25(26,27)28)17(2)35-15-24(19-6-4-3-5-7-19)9-8-23(14-30-24,22(29)34)31-21(33)13-32/h3-7,10-12,17,30,32H,8-9,13-15H2,1-2H3,(H2,29,34)(H,31,33)/t17-,23+,24-/m1/s1. The van der Waals surface area contributed by atoms with E-state index in [2.05, 4.69) is 10.6 Å². The third-order valence-electron chi connectivity index (χ3n) is 6.50. The number of hydrogen-bond acceptors (Lipinski definition) is 5. The fourth-order valence-electron chi connectivity index (χ4n) is 4.39. The zero-order valence-corrected chi connectivity index (χ0v) is 19.6. The van der Waals surface area contributed by atoms with Gasteiger partial charge in [-0.1, -0.05) is 42.0 Å². The largest absolute Gasteiger partial charge is 0.416 e. The Labute approximate surface area is 201 Å². The Hall–Kier alpha value is -2.95. The summed E-state index contributed by atoms with van der Waals surface area (Å²) < 4.78 is 46.0. The highest BCUT2D eigenvalue weighted by Gasteiger charge is 2.48. The molecular formula is C25H30F3N3O4. The van der Waals surface area contributed by atoms with E-state index in [1.165, 1.54) is 0 Å². The number of nitrogens with two attached hydrogens (primary N) is 1. The van der Waals surface area contributed by atoms with E-state index in [1.807, 2.05) is 30.3 Å². The Kier molecular flexibility index (Phi) is 7.88. The molecule has 0 spiro atoms. The Morgan fingerprint density at radius 1 is 1.20 bits per heavy atom. The Morgan fingerprint density at radius 3 is 2.43 bits per heavy atom. The molecule has 0 bridgehead atoms. The molecule has 1 aliphatic rings. The van der Waals surface area contributed by atoms with Crippen molar-refractivity contribution in [3.05, 3.63) is 70.8 Å². The van der Waals surface area contributed by atoms with Gasteiger partial charge >= 0.3 is 6.18 Å². The van der Waals surface area contributed by atoms with Crippen molar-refractivity contribution < 1.29 is 32.6 Å². The molecule has 0 unspecified atom stereocenters. The molecule has 2 aromatic rings. The molecular weight excluding hydrogens is 463 g/mol. The lowest BCUT2D eigenvalue weighted by atomic mass is 9.76. The van der Waals surface area contributed by atoms with Gasteiger partial charge in [0.15, 0.2) is 0 Å². The van der Waals surface area contributed by atoms with Crippen LogP contribution in [0.3, 0.4) is 0 Å². The number of halogens is 3. The quantitative estimate of drug-likeness (QED) is 0.452. The summed E-state index contributed by atoms with van der Waals surface area (Å²) in [6.07, 6.45) is -4.60. The van der Waals surface area contributed by atoms with E-state index in [-0.39, 0.29) is 19.6 Å². The van der Waals surface area contributed by atoms with Gasteiger partial charge in [-0.25, -0.2) is 0 Å². The number of piperidine rings is 1. The lowest BCUT2D eigenvalue weighted by molar-refractivity contribution is -0.137. The summed E-state index contributed by atoms with van der Waals surface area (Å²) in [6, 6.07) is 13.2. The highest BCUT2D eigenvalue weighted by molar-refractivity contribution is 5.91. The number of benzene rings is 2. The number of rotatable bonds is 8. The minimum Gasteiger partial charge on any atom is -0.387 e. The second kappa shape index (κ2) is 10.3. The van der Waals surface area contributed by atoms with Crippen LogP contribution < -0.4 is 16.4 Å². The van der Waals surface area contributed by atoms with Crippen molar-refractivity contribution in [2.75, 3.05) is 19.8 Å². The van der Waals surface area contributed by atoms with Crippen molar-refractivity contribution in [1.29, 1.82) is 0 Å². The van der Waals surface area contributed by atoms with Crippen molar-refractivity contribution in [2.45, 2.75) is 50.0 Å². The monoisotopic (exact) mass is 493 g/mol. The number of ether oxygens (including phenoxy) is 1. The average Bonchev–Trinajstić information content (AvgIpc) is 2.83. The number of aliphatic hydroxyl groups is 1. The first-order valence-corrected chi connectivity index (χ1v) is 11.2. The van der Waals surface area contributed by atoms with E-state index in [0.717, 1.165) is 17.7 Å². The first-order chi connectivity index (χ1) is 16.4. The molecule has 1 aliphatic heterocycles. The van der Waals surface area contributed by atoms with Crippen LogP contribution in [0.25, 0.3) is 0 Å². The normalized spacial score (nSPS) is 23.5. The fraction of sp³-hybridized carbons (Fsp3) is 0.440. The van der Waals surface area contributed by atoms with Crippen LogP contribution in [0, 0.1) is 6.92 Å². The van der Waals surface area contributed by atoms with E-state index in [4.69, 9.17) is 15.6 Å². The molecule has 1 heterocycles. The zero-order valence-electron chi connectivity index (χ0n) is 19.6. The maximum atomic E-state index is 13.3. The predicted octanol–water partition coefficient (Wildman–Crippen LogP) is 2.70. The molecule has 3 rings (SSSR count). The second-order valence-corrected chi connectivity index (χ2v) is 9.04. The van der Waals surface area contributed by atoms with Gasteiger partial charge in [-0.05, 0) is 49.9 Å². The van der Waals surface area contributed by atoms with Gasteiger partial charge < -0.3 is 26.2 Å². The first kappa shape index (κ1) is 26.7. The van der Waals surface area contributed by atoms with Gasteiger partial charge in [0.1, 0.15) is 12.1 Å². The molecule has 1 saturated heterocycles. The topological polar surface area (TPSA) is 114 Å². The number of carbonyl (C=O) groups excluding carboxylic acids is 2. The number of nitrogens with one attached hydrogen (secondary N) is 2. The predicted molar refractivity (Wildman–Crippen MR) is 123 cm³/mol.